The van der Waals surface area contributed by atoms with Crippen molar-refractivity contribution in [2.75, 3.05) is 32.8 Å². The molecular weight excluding hydrogens is 280 g/mol. The molecule has 0 aliphatic rings. The van der Waals surface area contributed by atoms with Crippen LogP contribution in [0.2, 0.25) is 0 Å². The molecule has 5 nitrogen and oxygen atoms in total. The molecule has 114 valence electrons. The molecule has 0 aromatic heterocycles. The van der Waals surface area contributed by atoms with Gasteiger partial charge < -0.3 is 25.7 Å². The van der Waals surface area contributed by atoms with Crippen LogP contribution in [0.15, 0.2) is 30.3 Å². The van der Waals surface area contributed by atoms with Gasteiger partial charge in [0.1, 0.15) is 0 Å². The first-order chi connectivity index (χ1) is 10.6. The fourth-order valence-electron chi connectivity index (χ4n) is 2.02. The molecule has 4 N–H and O–H groups in total. The Kier molecular flexibility index (Phi) is 4.64. The van der Waals surface area contributed by atoms with E-state index in [4.69, 9.17) is 25.7 Å². The first-order valence-electron chi connectivity index (χ1n) is 6.56. The molecule has 0 amide bonds. The van der Waals surface area contributed by atoms with E-state index in [0.717, 1.165) is 0 Å². The summed E-state index contributed by atoms with van der Waals surface area (Å²) in [6.07, 6.45) is 0. The maximum Gasteiger partial charge on any atom is 0.203 e. The number of rotatable bonds is 3. The highest BCUT2D eigenvalue weighted by molar-refractivity contribution is 5.70. The third-order valence-electron chi connectivity index (χ3n) is 3.13. The summed E-state index contributed by atoms with van der Waals surface area (Å²) >= 11 is 0. The normalized spacial score (nSPS) is 9.59. The highest BCUT2D eigenvalue weighted by Crippen LogP contribution is 2.38. The van der Waals surface area contributed by atoms with Gasteiger partial charge in [-0.3, -0.25) is 0 Å². The number of nitrogens with two attached hydrogens (primary N) is 2. The molecule has 0 aliphatic heterocycles. The predicted octanol–water partition coefficient (Wildman–Crippen LogP) is 2.28. The summed E-state index contributed by atoms with van der Waals surface area (Å²) in [4.78, 5) is 0. The molecule has 0 spiro atoms. The number of ether oxygens (including phenoxy) is 3. The van der Waals surface area contributed by atoms with E-state index < -0.39 is 0 Å². The first-order valence-corrected chi connectivity index (χ1v) is 6.56. The molecule has 0 bridgehead atoms. The summed E-state index contributed by atoms with van der Waals surface area (Å²) in [5.41, 5.74) is 14.2. The van der Waals surface area contributed by atoms with Crippen LogP contribution in [-0.2, 0) is 0 Å². The van der Waals surface area contributed by atoms with Crippen LogP contribution in [0.5, 0.6) is 17.2 Å². The number of methoxy groups -OCH3 is 3. The summed E-state index contributed by atoms with van der Waals surface area (Å²) in [6.45, 7) is 0. The van der Waals surface area contributed by atoms with Crippen molar-refractivity contribution >= 4 is 11.4 Å². The quantitative estimate of drug-likeness (QED) is 0.671. The van der Waals surface area contributed by atoms with Crippen molar-refractivity contribution in [3.63, 3.8) is 0 Å². The van der Waals surface area contributed by atoms with E-state index in [9.17, 15) is 0 Å². The Labute approximate surface area is 129 Å². The third-order valence-corrected chi connectivity index (χ3v) is 3.13. The molecule has 2 aromatic rings. The standard InChI is InChI=1S/C17H18N2O3/c1-20-15-9-11(10-16(21-2)17(15)22-3)7-8-12-13(18)5-4-6-14(12)19/h4-6,9-10H,18-19H2,1-3H3. The minimum atomic E-state index is 0.522. The molecule has 0 fully saturated rings. The average molecular weight is 298 g/mol. The lowest BCUT2D eigenvalue weighted by Crippen LogP contribution is -1.97. The summed E-state index contributed by atoms with van der Waals surface area (Å²) in [5.74, 6) is 7.61. The van der Waals surface area contributed by atoms with Crippen LogP contribution in [0.4, 0.5) is 11.4 Å². The Morgan fingerprint density at radius 2 is 1.36 bits per heavy atom. The van der Waals surface area contributed by atoms with E-state index in [1.54, 1.807) is 51.7 Å². The van der Waals surface area contributed by atoms with Crippen LogP contribution in [0.3, 0.4) is 0 Å². The van der Waals surface area contributed by atoms with Crippen molar-refractivity contribution in [2.45, 2.75) is 0 Å². The molecule has 0 saturated heterocycles. The minimum absolute atomic E-state index is 0.522. The molecular formula is C17H18N2O3. The van der Waals surface area contributed by atoms with Gasteiger partial charge >= 0.3 is 0 Å². The van der Waals surface area contributed by atoms with Crippen LogP contribution in [0.25, 0.3) is 0 Å². The summed E-state index contributed by atoms with van der Waals surface area (Å²) in [5, 5.41) is 0. The van der Waals surface area contributed by atoms with Crippen molar-refractivity contribution in [1.29, 1.82) is 0 Å². The number of benzene rings is 2. The van der Waals surface area contributed by atoms with Gasteiger partial charge in [-0.1, -0.05) is 17.9 Å². The zero-order valence-electron chi connectivity index (χ0n) is 12.8. The molecule has 5 heteroatoms. The van der Waals surface area contributed by atoms with Crippen molar-refractivity contribution in [3.05, 3.63) is 41.5 Å². The van der Waals surface area contributed by atoms with Gasteiger partial charge in [0.15, 0.2) is 11.5 Å². The Bertz CT molecular complexity index is 700. The van der Waals surface area contributed by atoms with E-state index in [1.807, 2.05) is 0 Å². The monoisotopic (exact) mass is 298 g/mol. The van der Waals surface area contributed by atoms with E-state index in [-0.39, 0.29) is 0 Å². The molecule has 0 heterocycles. The lowest BCUT2D eigenvalue weighted by atomic mass is 10.1. The molecule has 2 aromatic carbocycles. The van der Waals surface area contributed by atoms with Crippen molar-refractivity contribution in [1.82, 2.24) is 0 Å². The largest absolute Gasteiger partial charge is 0.493 e. The molecule has 0 atom stereocenters. The Morgan fingerprint density at radius 1 is 0.818 bits per heavy atom. The van der Waals surface area contributed by atoms with Crippen molar-refractivity contribution < 1.29 is 14.2 Å². The van der Waals surface area contributed by atoms with Gasteiger partial charge in [0.2, 0.25) is 5.75 Å². The zero-order chi connectivity index (χ0) is 16.1. The maximum atomic E-state index is 5.89. The van der Waals surface area contributed by atoms with Crippen molar-refractivity contribution in [2.24, 2.45) is 0 Å². The topological polar surface area (TPSA) is 79.7 Å². The van der Waals surface area contributed by atoms with Crippen LogP contribution in [-0.4, -0.2) is 21.3 Å². The fraction of sp³-hybridized carbons (Fsp3) is 0.176. The number of hydrogen-bond donors (Lipinski definition) is 2. The summed E-state index contributed by atoms with van der Waals surface area (Å²) in [6, 6.07) is 8.84. The number of anilines is 2. The molecule has 0 aliphatic carbocycles. The van der Waals surface area contributed by atoms with E-state index >= 15 is 0 Å². The SMILES string of the molecule is COc1cc(C#Cc2c(N)cccc2N)cc(OC)c1OC. The van der Waals surface area contributed by atoms with Crippen LogP contribution in [0.1, 0.15) is 11.1 Å². The second-order valence-electron chi connectivity index (χ2n) is 4.48. The lowest BCUT2D eigenvalue weighted by Gasteiger charge is -2.12. The van der Waals surface area contributed by atoms with Gasteiger partial charge in [0.05, 0.1) is 26.9 Å². The fourth-order valence-corrected chi connectivity index (χ4v) is 2.02. The van der Waals surface area contributed by atoms with Crippen molar-refractivity contribution in [3.8, 4) is 29.1 Å². The van der Waals surface area contributed by atoms with Gasteiger partial charge in [-0.25, -0.2) is 0 Å². The van der Waals surface area contributed by atoms with E-state index in [1.165, 1.54) is 0 Å². The predicted molar refractivity (Wildman–Crippen MR) is 87.3 cm³/mol. The lowest BCUT2D eigenvalue weighted by molar-refractivity contribution is 0.324. The van der Waals surface area contributed by atoms with Gasteiger partial charge in [0.25, 0.3) is 0 Å². The molecule has 0 unspecified atom stereocenters. The van der Waals surface area contributed by atoms with E-state index in [2.05, 4.69) is 11.8 Å². The smallest absolute Gasteiger partial charge is 0.203 e. The average Bonchev–Trinajstić information content (AvgIpc) is 2.53. The second-order valence-corrected chi connectivity index (χ2v) is 4.48. The summed E-state index contributed by atoms with van der Waals surface area (Å²) < 4.78 is 15.9. The Balaban J connectivity index is 2.49. The zero-order valence-corrected chi connectivity index (χ0v) is 12.8. The minimum Gasteiger partial charge on any atom is -0.493 e. The third kappa shape index (κ3) is 3.01. The number of hydrogen-bond acceptors (Lipinski definition) is 5. The van der Waals surface area contributed by atoms with Gasteiger partial charge in [-0.15, -0.1) is 0 Å². The van der Waals surface area contributed by atoms with Crippen LogP contribution < -0.4 is 25.7 Å². The summed E-state index contributed by atoms with van der Waals surface area (Å²) in [7, 11) is 4.67. The van der Waals surface area contributed by atoms with E-state index in [0.29, 0.717) is 39.8 Å². The molecule has 22 heavy (non-hydrogen) atoms. The Hall–Kier alpha value is -3.00. The first kappa shape index (κ1) is 15.4. The van der Waals surface area contributed by atoms with Crippen LogP contribution in [0, 0.1) is 11.8 Å². The molecule has 2 rings (SSSR count). The second kappa shape index (κ2) is 6.64. The number of nitrogen functional groups attached to an aromatic ring is 2. The van der Waals surface area contributed by atoms with Gasteiger partial charge in [-0.2, -0.15) is 0 Å². The van der Waals surface area contributed by atoms with Gasteiger partial charge in [-0.05, 0) is 24.3 Å². The molecule has 0 radical (unpaired) electrons. The molecule has 0 saturated carbocycles. The maximum absolute atomic E-state index is 5.89. The Morgan fingerprint density at radius 3 is 1.82 bits per heavy atom. The van der Waals surface area contributed by atoms with Crippen LogP contribution >= 0.6 is 0 Å². The highest BCUT2D eigenvalue weighted by atomic mass is 16.5. The van der Waals surface area contributed by atoms with Gasteiger partial charge in [0, 0.05) is 16.9 Å². The highest BCUT2D eigenvalue weighted by Gasteiger charge is 2.12.